The van der Waals surface area contributed by atoms with Crippen molar-refractivity contribution in [3.8, 4) is 0 Å². The van der Waals surface area contributed by atoms with Crippen LogP contribution in [0.4, 0.5) is 0 Å². The van der Waals surface area contributed by atoms with E-state index in [1.807, 2.05) is 13.8 Å². The van der Waals surface area contributed by atoms with E-state index in [-0.39, 0.29) is 6.61 Å². The van der Waals surface area contributed by atoms with Gasteiger partial charge in [0.25, 0.3) is 0 Å². The second-order valence-electron chi connectivity index (χ2n) is 3.79. The molecule has 12 heavy (non-hydrogen) atoms. The minimum absolute atomic E-state index is 0.0574. The van der Waals surface area contributed by atoms with Crippen molar-refractivity contribution in [2.75, 3.05) is 6.61 Å². The van der Waals surface area contributed by atoms with Gasteiger partial charge in [-0.25, -0.2) is 0 Å². The SMILES string of the molecule is CC(C)=CCC[C@](C)(O)CCO. The molecule has 0 fully saturated rings. The van der Waals surface area contributed by atoms with Crippen LogP contribution in [0.15, 0.2) is 11.6 Å². The van der Waals surface area contributed by atoms with Crippen LogP contribution in [0.3, 0.4) is 0 Å². The first kappa shape index (κ1) is 11.7. The Morgan fingerprint density at radius 1 is 1.33 bits per heavy atom. The quantitative estimate of drug-likeness (QED) is 0.621. The summed E-state index contributed by atoms with van der Waals surface area (Å²) in [5, 5.41) is 18.3. The van der Waals surface area contributed by atoms with Gasteiger partial charge in [-0.2, -0.15) is 0 Å². The number of hydrogen-bond donors (Lipinski definition) is 2. The highest BCUT2D eigenvalue weighted by molar-refractivity contribution is 4.94. The zero-order valence-corrected chi connectivity index (χ0v) is 8.30. The molecule has 72 valence electrons. The van der Waals surface area contributed by atoms with Crippen LogP contribution < -0.4 is 0 Å². The largest absolute Gasteiger partial charge is 0.396 e. The summed E-state index contributed by atoms with van der Waals surface area (Å²) < 4.78 is 0. The van der Waals surface area contributed by atoms with Crippen LogP contribution in [0, 0.1) is 0 Å². The van der Waals surface area contributed by atoms with E-state index in [9.17, 15) is 5.11 Å². The predicted octanol–water partition coefficient (Wildman–Crippen LogP) is 1.87. The zero-order chi connectivity index (χ0) is 9.61. The fourth-order valence-corrected chi connectivity index (χ4v) is 1.04. The van der Waals surface area contributed by atoms with Crippen molar-refractivity contribution in [2.24, 2.45) is 0 Å². The Morgan fingerprint density at radius 2 is 1.92 bits per heavy atom. The number of aliphatic hydroxyl groups excluding tert-OH is 1. The molecule has 0 aromatic rings. The molecular formula is C10H20O2. The van der Waals surface area contributed by atoms with Crippen molar-refractivity contribution in [1.82, 2.24) is 0 Å². The number of allylic oxidation sites excluding steroid dienone is 2. The normalized spacial score (nSPS) is 15.4. The summed E-state index contributed by atoms with van der Waals surface area (Å²) in [5.74, 6) is 0. The summed E-state index contributed by atoms with van der Waals surface area (Å²) in [6.45, 7) is 5.91. The molecule has 2 N–H and O–H groups in total. The molecule has 0 heterocycles. The van der Waals surface area contributed by atoms with E-state index in [1.165, 1.54) is 5.57 Å². The Bertz CT molecular complexity index is 144. The van der Waals surface area contributed by atoms with E-state index in [1.54, 1.807) is 6.92 Å². The van der Waals surface area contributed by atoms with Crippen molar-refractivity contribution >= 4 is 0 Å². The summed E-state index contributed by atoms with van der Waals surface area (Å²) >= 11 is 0. The second-order valence-corrected chi connectivity index (χ2v) is 3.79. The number of rotatable bonds is 5. The Morgan fingerprint density at radius 3 is 2.33 bits per heavy atom. The van der Waals surface area contributed by atoms with Crippen molar-refractivity contribution in [1.29, 1.82) is 0 Å². The smallest absolute Gasteiger partial charge is 0.0644 e. The van der Waals surface area contributed by atoms with Crippen LogP contribution in [0.1, 0.15) is 40.0 Å². The first-order chi connectivity index (χ1) is 5.48. The van der Waals surface area contributed by atoms with Crippen LogP contribution in [0.25, 0.3) is 0 Å². The molecule has 0 unspecified atom stereocenters. The summed E-state index contributed by atoms with van der Waals surface area (Å²) in [4.78, 5) is 0. The molecule has 0 aromatic heterocycles. The topological polar surface area (TPSA) is 40.5 Å². The lowest BCUT2D eigenvalue weighted by Crippen LogP contribution is -2.24. The first-order valence-electron chi connectivity index (χ1n) is 4.44. The molecule has 0 aliphatic heterocycles. The van der Waals surface area contributed by atoms with E-state index in [0.717, 1.165) is 12.8 Å². The Hall–Kier alpha value is -0.340. The molecule has 0 saturated carbocycles. The summed E-state index contributed by atoms with van der Waals surface area (Å²) in [6.07, 6.45) is 4.17. The molecule has 0 amide bonds. The molecule has 0 aliphatic carbocycles. The molecule has 2 heteroatoms. The van der Waals surface area contributed by atoms with Gasteiger partial charge >= 0.3 is 0 Å². The second kappa shape index (κ2) is 5.33. The van der Waals surface area contributed by atoms with Crippen LogP contribution >= 0.6 is 0 Å². The third-order valence-electron chi connectivity index (χ3n) is 1.89. The van der Waals surface area contributed by atoms with Crippen molar-refractivity contribution in [3.05, 3.63) is 11.6 Å². The van der Waals surface area contributed by atoms with Gasteiger partial charge in [-0.05, 0) is 40.0 Å². The fraction of sp³-hybridized carbons (Fsp3) is 0.800. The molecule has 0 rings (SSSR count). The molecule has 0 bridgehead atoms. The molecule has 0 aromatic carbocycles. The molecule has 0 saturated heterocycles. The third-order valence-corrected chi connectivity index (χ3v) is 1.89. The van der Waals surface area contributed by atoms with Gasteiger partial charge in [-0.1, -0.05) is 11.6 Å². The van der Waals surface area contributed by atoms with Gasteiger partial charge in [0.05, 0.1) is 5.60 Å². The Balaban J connectivity index is 3.68. The maximum atomic E-state index is 9.64. The predicted molar refractivity (Wildman–Crippen MR) is 51.0 cm³/mol. The third kappa shape index (κ3) is 6.38. The average Bonchev–Trinajstić information content (AvgIpc) is 1.85. The van der Waals surface area contributed by atoms with Crippen LogP contribution in [0.2, 0.25) is 0 Å². The maximum absolute atomic E-state index is 9.64. The van der Waals surface area contributed by atoms with Crippen molar-refractivity contribution < 1.29 is 10.2 Å². The van der Waals surface area contributed by atoms with Gasteiger partial charge in [0.15, 0.2) is 0 Å². The Kier molecular flexibility index (Phi) is 5.18. The van der Waals surface area contributed by atoms with Gasteiger partial charge in [-0.15, -0.1) is 0 Å². The zero-order valence-electron chi connectivity index (χ0n) is 8.30. The summed E-state index contributed by atoms with van der Waals surface area (Å²) in [7, 11) is 0. The molecule has 0 aliphatic rings. The van der Waals surface area contributed by atoms with Gasteiger partial charge in [0.1, 0.15) is 0 Å². The lowest BCUT2D eigenvalue weighted by atomic mass is 9.96. The van der Waals surface area contributed by atoms with E-state index in [4.69, 9.17) is 5.11 Å². The lowest BCUT2D eigenvalue weighted by molar-refractivity contribution is 0.0264. The molecular weight excluding hydrogens is 152 g/mol. The highest BCUT2D eigenvalue weighted by Crippen LogP contribution is 2.16. The molecule has 0 spiro atoms. The van der Waals surface area contributed by atoms with Crippen LogP contribution in [-0.2, 0) is 0 Å². The minimum atomic E-state index is -0.708. The molecule has 2 nitrogen and oxygen atoms in total. The monoisotopic (exact) mass is 172 g/mol. The number of aliphatic hydroxyl groups is 2. The molecule has 1 atom stereocenters. The molecule has 0 radical (unpaired) electrons. The average molecular weight is 172 g/mol. The maximum Gasteiger partial charge on any atom is 0.0644 e. The fourth-order valence-electron chi connectivity index (χ4n) is 1.04. The standard InChI is InChI=1S/C10H20O2/c1-9(2)5-4-6-10(3,12)7-8-11/h5,11-12H,4,6-8H2,1-3H3/t10-/m0/s1. The summed E-state index contributed by atoms with van der Waals surface area (Å²) in [6, 6.07) is 0. The van der Waals surface area contributed by atoms with Gasteiger partial charge in [0.2, 0.25) is 0 Å². The highest BCUT2D eigenvalue weighted by atomic mass is 16.3. The van der Waals surface area contributed by atoms with Gasteiger partial charge < -0.3 is 10.2 Å². The lowest BCUT2D eigenvalue weighted by Gasteiger charge is -2.21. The van der Waals surface area contributed by atoms with Crippen LogP contribution in [0.5, 0.6) is 0 Å². The van der Waals surface area contributed by atoms with Crippen molar-refractivity contribution in [2.45, 2.75) is 45.6 Å². The van der Waals surface area contributed by atoms with Gasteiger partial charge in [-0.3, -0.25) is 0 Å². The van der Waals surface area contributed by atoms with Crippen molar-refractivity contribution in [3.63, 3.8) is 0 Å². The van der Waals surface area contributed by atoms with E-state index >= 15 is 0 Å². The Labute approximate surface area is 74.9 Å². The van der Waals surface area contributed by atoms with Crippen LogP contribution in [-0.4, -0.2) is 22.4 Å². The summed E-state index contributed by atoms with van der Waals surface area (Å²) in [5.41, 5.74) is 0.565. The van der Waals surface area contributed by atoms with E-state index in [0.29, 0.717) is 6.42 Å². The minimum Gasteiger partial charge on any atom is -0.396 e. The van der Waals surface area contributed by atoms with E-state index < -0.39 is 5.60 Å². The number of hydrogen-bond acceptors (Lipinski definition) is 2. The highest BCUT2D eigenvalue weighted by Gasteiger charge is 2.17. The van der Waals surface area contributed by atoms with E-state index in [2.05, 4.69) is 6.08 Å². The first-order valence-corrected chi connectivity index (χ1v) is 4.44. The van der Waals surface area contributed by atoms with Gasteiger partial charge in [0, 0.05) is 6.61 Å².